The van der Waals surface area contributed by atoms with Crippen LogP contribution in [0.25, 0.3) is 0 Å². The van der Waals surface area contributed by atoms with Crippen molar-refractivity contribution < 1.29 is 37.5 Å². The Balaban J connectivity index is 0.00000242. The van der Waals surface area contributed by atoms with Gasteiger partial charge in [0.2, 0.25) is 5.95 Å². The van der Waals surface area contributed by atoms with Gasteiger partial charge in [-0.25, -0.2) is 18.9 Å². The molecule has 0 aliphatic carbocycles. The summed E-state index contributed by atoms with van der Waals surface area (Å²) in [6, 6.07) is 10.6. The van der Waals surface area contributed by atoms with Gasteiger partial charge in [0.15, 0.2) is 29.8 Å². The molecular weight excluding hydrogens is 594 g/mol. The van der Waals surface area contributed by atoms with Crippen LogP contribution in [0.4, 0.5) is 39.2 Å². The van der Waals surface area contributed by atoms with E-state index in [4.69, 9.17) is 19.3 Å². The summed E-state index contributed by atoms with van der Waals surface area (Å²) in [5.41, 5.74) is 1.51. The number of phosphoric acid groups is 1. The number of amides is 1. The first-order valence-electron chi connectivity index (χ1n) is 12.2. The molecule has 1 aromatic carbocycles. The van der Waals surface area contributed by atoms with Gasteiger partial charge in [-0.15, -0.1) is 0 Å². The van der Waals surface area contributed by atoms with Crippen molar-refractivity contribution in [1.29, 1.82) is 0 Å². The number of carbonyl (C=O) groups is 1. The van der Waals surface area contributed by atoms with Crippen LogP contribution >= 0.6 is 7.82 Å². The molecule has 3 aromatic rings. The number of pyridine rings is 1. The van der Waals surface area contributed by atoms with E-state index >= 15 is 0 Å². The van der Waals surface area contributed by atoms with Gasteiger partial charge in [0, 0.05) is 24.5 Å². The van der Waals surface area contributed by atoms with Crippen LogP contribution in [-0.2, 0) is 18.6 Å². The normalized spacial score (nSPS) is 16.0. The van der Waals surface area contributed by atoms with Gasteiger partial charge in [-0.1, -0.05) is 0 Å². The summed E-state index contributed by atoms with van der Waals surface area (Å²) in [5.74, 6) is -1.27. The molecule has 0 saturated carbocycles. The monoisotopic (exact) mass is 623 g/mol. The van der Waals surface area contributed by atoms with Crippen molar-refractivity contribution in [3.05, 3.63) is 48.4 Å². The van der Waals surface area contributed by atoms with Crippen molar-refractivity contribution in [2.75, 3.05) is 53.5 Å². The number of phosphoric ester groups is 1. The van der Waals surface area contributed by atoms with Crippen LogP contribution in [0.3, 0.4) is 0 Å². The van der Waals surface area contributed by atoms with E-state index in [-0.39, 0.29) is 100 Å². The fraction of sp³-hybridized carbons (Fsp3) is 0.333. The van der Waals surface area contributed by atoms with Gasteiger partial charge in [-0.3, -0.25) is 14.2 Å². The summed E-state index contributed by atoms with van der Waals surface area (Å²) in [7, 11) is -4.85. The molecule has 5 rings (SSSR count). The van der Waals surface area contributed by atoms with Crippen molar-refractivity contribution >= 4 is 108 Å². The second-order valence-electron chi connectivity index (χ2n) is 9.59. The molecule has 2 aliphatic heterocycles. The zero-order valence-electron chi connectivity index (χ0n) is 21.6. The van der Waals surface area contributed by atoms with E-state index in [0.717, 1.165) is 29.9 Å². The molecule has 1 saturated heterocycles. The SMILES string of the molecule is CC1(C)CN(c2ccc(Nc3ncc(F)c(Nc4ccc5c(n4)N(COP(=O)(O)O)C(=O)CO5)n3)cc2)CCO1.[NaH].[NaH]. The molecule has 2 aliphatic rings. The molecule has 2 aromatic heterocycles. The number of morpholine rings is 1. The molecule has 1 amide bonds. The molecule has 14 nitrogen and oxygen atoms in total. The average Bonchev–Trinajstić information content (AvgIpc) is 2.89. The number of nitrogens with zero attached hydrogens (tertiary/aromatic N) is 5. The molecule has 18 heteroatoms. The third kappa shape index (κ3) is 8.83. The number of hydrogen-bond donors (Lipinski definition) is 4. The minimum absolute atomic E-state index is 0. The minimum atomic E-state index is -4.85. The topological polar surface area (TPSA) is 171 Å². The number of rotatable bonds is 8. The van der Waals surface area contributed by atoms with Gasteiger partial charge in [0.25, 0.3) is 5.91 Å². The van der Waals surface area contributed by atoms with Crippen LogP contribution in [-0.4, -0.2) is 128 Å². The fourth-order valence-electron chi connectivity index (χ4n) is 4.17. The molecule has 4 heterocycles. The second kappa shape index (κ2) is 14.3. The van der Waals surface area contributed by atoms with E-state index in [1.54, 1.807) is 0 Å². The number of aromatic nitrogens is 3. The number of fused-ring (bicyclic) bond motifs is 1. The zero-order valence-corrected chi connectivity index (χ0v) is 22.5. The quantitative estimate of drug-likeness (QED) is 0.211. The Hall–Kier alpha value is -1.88. The first-order valence-corrected chi connectivity index (χ1v) is 13.7. The third-order valence-corrected chi connectivity index (χ3v) is 6.46. The van der Waals surface area contributed by atoms with Gasteiger partial charge in [0.05, 0.1) is 18.4 Å². The number of halogens is 1. The molecule has 42 heavy (non-hydrogen) atoms. The molecule has 216 valence electrons. The zero-order chi connectivity index (χ0) is 28.5. The van der Waals surface area contributed by atoms with Crippen LogP contribution in [0.2, 0.25) is 0 Å². The van der Waals surface area contributed by atoms with E-state index in [2.05, 4.69) is 48.9 Å². The van der Waals surface area contributed by atoms with Crippen LogP contribution in [0, 0.1) is 5.82 Å². The van der Waals surface area contributed by atoms with E-state index in [1.807, 2.05) is 24.3 Å². The number of anilines is 6. The van der Waals surface area contributed by atoms with Crippen LogP contribution in [0.5, 0.6) is 5.75 Å². The van der Waals surface area contributed by atoms with Gasteiger partial charge in [-0.2, -0.15) is 4.98 Å². The van der Waals surface area contributed by atoms with Gasteiger partial charge >= 0.3 is 66.9 Å². The van der Waals surface area contributed by atoms with Gasteiger partial charge in [0.1, 0.15) is 12.5 Å². The Morgan fingerprint density at radius 1 is 1.12 bits per heavy atom. The summed E-state index contributed by atoms with van der Waals surface area (Å²) < 4.78 is 41.3. The Morgan fingerprint density at radius 3 is 2.55 bits per heavy atom. The number of ether oxygens (including phenoxy) is 2. The van der Waals surface area contributed by atoms with Crippen LogP contribution in [0.15, 0.2) is 42.6 Å². The molecule has 4 N–H and O–H groups in total. The predicted molar refractivity (Wildman–Crippen MR) is 157 cm³/mol. The summed E-state index contributed by atoms with van der Waals surface area (Å²) >= 11 is 0. The number of hydrogen-bond acceptors (Lipinski definition) is 11. The number of carbonyl (C=O) groups excluding carboxylic acids is 1. The Kier molecular flexibility index (Phi) is 11.8. The first-order chi connectivity index (χ1) is 19.0. The van der Waals surface area contributed by atoms with E-state index in [9.17, 15) is 13.8 Å². The summed E-state index contributed by atoms with van der Waals surface area (Å²) in [5, 5.41) is 5.77. The van der Waals surface area contributed by atoms with E-state index in [0.29, 0.717) is 12.3 Å². The average molecular weight is 623 g/mol. The number of benzene rings is 1. The maximum absolute atomic E-state index is 14.6. The Bertz CT molecular complexity index is 1470. The van der Waals surface area contributed by atoms with Crippen molar-refractivity contribution in [1.82, 2.24) is 15.0 Å². The predicted octanol–water partition coefficient (Wildman–Crippen LogP) is 1.61. The Labute approximate surface area is 285 Å². The van der Waals surface area contributed by atoms with Gasteiger partial charge in [-0.05, 0) is 50.2 Å². The fourth-order valence-corrected chi connectivity index (χ4v) is 4.44. The first kappa shape index (κ1) is 34.6. The van der Waals surface area contributed by atoms with Crippen molar-refractivity contribution in [2.24, 2.45) is 0 Å². The Morgan fingerprint density at radius 2 is 1.86 bits per heavy atom. The van der Waals surface area contributed by atoms with Crippen molar-refractivity contribution in [3.8, 4) is 5.75 Å². The van der Waals surface area contributed by atoms with Gasteiger partial charge < -0.3 is 34.8 Å². The van der Waals surface area contributed by atoms with Crippen molar-refractivity contribution in [3.63, 3.8) is 0 Å². The standard InChI is InChI=1S/C24H27FN7O7P.2Na.2H/c1-24(2)13-31(9-10-38-24)16-5-3-15(4-6-16)27-23-26-11-17(25)21(30-23)28-19-8-7-18-22(29-19)32(20(33)12-37-18)14-39-40(34,35)36;;;;/h3-8,11H,9-10,12-14H2,1-2H3,(H2,34,35,36)(H2,26,27,28,29,30);;;;. The van der Waals surface area contributed by atoms with Crippen LogP contribution < -0.4 is 25.2 Å². The van der Waals surface area contributed by atoms with E-state index < -0.39 is 26.3 Å². The molecule has 0 bridgehead atoms. The summed E-state index contributed by atoms with van der Waals surface area (Å²) in [6.45, 7) is 5.18. The molecule has 0 atom stereocenters. The summed E-state index contributed by atoms with van der Waals surface area (Å²) in [6.07, 6.45) is 0.993. The van der Waals surface area contributed by atoms with Crippen LogP contribution in [0.1, 0.15) is 13.8 Å². The molecule has 1 fully saturated rings. The number of nitrogens with one attached hydrogen (secondary N) is 2. The summed E-state index contributed by atoms with van der Waals surface area (Å²) in [4.78, 5) is 45.9. The van der Waals surface area contributed by atoms with Crippen molar-refractivity contribution in [2.45, 2.75) is 19.4 Å². The molecule has 0 spiro atoms. The molecular formula is C24H29FN7Na2O7P. The second-order valence-corrected chi connectivity index (χ2v) is 10.8. The maximum atomic E-state index is 14.6. The molecule has 0 unspecified atom stereocenters. The van der Waals surface area contributed by atoms with E-state index in [1.165, 1.54) is 12.1 Å². The molecule has 0 radical (unpaired) electrons. The third-order valence-electron chi connectivity index (χ3n) is 6.01.